The molecule has 4 nitrogen and oxygen atoms in total. The molecule has 1 fully saturated rings. The van der Waals surface area contributed by atoms with Crippen molar-refractivity contribution in [1.29, 1.82) is 0 Å². The zero-order valence-electron chi connectivity index (χ0n) is 9.88. The second-order valence-corrected chi connectivity index (χ2v) is 4.18. The first kappa shape index (κ1) is 12.3. The first-order valence-electron chi connectivity index (χ1n) is 5.97. The van der Waals surface area contributed by atoms with Crippen LogP contribution in [0.1, 0.15) is 32.6 Å². The summed E-state index contributed by atoms with van der Waals surface area (Å²) in [5.41, 5.74) is 0. The first-order valence-corrected chi connectivity index (χ1v) is 5.97. The molecule has 4 heteroatoms. The summed E-state index contributed by atoms with van der Waals surface area (Å²) in [4.78, 5) is 13.6. The lowest BCUT2D eigenvalue weighted by molar-refractivity contribution is 0.185. The van der Waals surface area contributed by atoms with E-state index in [9.17, 15) is 4.79 Å². The van der Waals surface area contributed by atoms with Crippen LogP contribution in [0.15, 0.2) is 0 Å². The lowest BCUT2D eigenvalue weighted by Crippen LogP contribution is -2.44. The van der Waals surface area contributed by atoms with Crippen LogP contribution in [0, 0.1) is 0 Å². The summed E-state index contributed by atoms with van der Waals surface area (Å²) in [5, 5.41) is 6.27. The summed E-state index contributed by atoms with van der Waals surface area (Å²) in [6.45, 7) is 4.95. The number of amides is 2. The third-order valence-corrected chi connectivity index (χ3v) is 2.94. The molecular formula is C11H23N3O. The minimum absolute atomic E-state index is 0.0729. The fraction of sp³-hybridized carbons (Fsp3) is 0.909. The number of hydrogen-bond donors (Lipinski definition) is 2. The van der Waals surface area contributed by atoms with Crippen LogP contribution in [0.4, 0.5) is 4.79 Å². The van der Waals surface area contributed by atoms with Gasteiger partial charge in [-0.1, -0.05) is 6.92 Å². The Morgan fingerprint density at radius 1 is 1.47 bits per heavy atom. The smallest absolute Gasteiger partial charge is 0.317 e. The molecule has 0 saturated carbocycles. The highest BCUT2D eigenvalue weighted by atomic mass is 16.2. The maximum atomic E-state index is 11.7. The van der Waals surface area contributed by atoms with E-state index < -0.39 is 0 Å². The third-order valence-electron chi connectivity index (χ3n) is 2.94. The monoisotopic (exact) mass is 213 g/mol. The molecule has 0 bridgehead atoms. The van der Waals surface area contributed by atoms with Gasteiger partial charge >= 0.3 is 6.03 Å². The SMILES string of the molecule is CCCNC(=O)N(C)C1CCCNCC1. The van der Waals surface area contributed by atoms with E-state index in [0.29, 0.717) is 6.04 Å². The lowest BCUT2D eigenvalue weighted by Gasteiger charge is -2.27. The standard InChI is InChI=1S/C11H23N3O/c1-3-7-13-11(15)14(2)10-5-4-8-12-9-6-10/h10,12H,3-9H2,1-2H3,(H,13,15). The molecule has 0 aromatic carbocycles. The van der Waals surface area contributed by atoms with Gasteiger partial charge in [0.1, 0.15) is 0 Å². The molecule has 1 saturated heterocycles. The molecule has 0 spiro atoms. The fourth-order valence-corrected chi connectivity index (χ4v) is 1.91. The molecule has 1 heterocycles. The predicted molar refractivity (Wildman–Crippen MR) is 62.0 cm³/mol. The predicted octanol–water partition coefficient (Wildman–Crippen LogP) is 1.18. The van der Waals surface area contributed by atoms with Crippen molar-refractivity contribution in [3.05, 3.63) is 0 Å². The second kappa shape index (κ2) is 6.67. The zero-order chi connectivity index (χ0) is 11.1. The van der Waals surface area contributed by atoms with Crippen molar-refractivity contribution in [3.8, 4) is 0 Å². The van der Waals surface area contributed by atoms with E-state index in [-0.39, 0.29) is 6.03 Å². The average molecular weight is 213 g/mol. The summed E-state index contributed by atoms with van der Waals surface area (Å²) in [6, 6.07) is 0.473. The van der Waals surface area contributed by atoms with Gasteiger partial charge in [0, 0.05) is 19.6 Å². The van der Waals surface area contributed by atoms with E-state index in [4.69, 9.17) is 0 Å². The normalized spacial score (nSPS) is 21.9. The fourth-order valence-electron chi connectivity index (χ4n) is 1.91. The molecule has 15 heavy (non-hydrogen) atoms. The summed E-state index contributed by atoms with van der Waals surface area (Å²) in [5.74, 6) is 0. The highest BCUT2D eigenvalue weighted by molar-refractivity contribution is 5.74. The summed E-state index contributed by atoms with van der Waals surface area (Å²) < 4.78 is 0. The van der Waals surface area contributed by atoms with E-state index in [1.54, 1.807) is 0 Å². The molecule has 1 aliphatic heterocycles. The summed E-state index contributed by atoms with van der Waals surface area (Å²) in [6.07, 6.45) is 4.33. The molecular weight excluding hydrogens is 190 g/mol. The van der Waals surface area contributed by atoms with Gasteiger partial charge < -0.3 is 15.5 Å². The minimum Gasteiger partial charge on any atom is -0.338 e. The highest BCUT2D eigenvalue weighted by Gasteiger charge is 2.20. The lowest BCUT2D eigenvalue weighted by atomic mass is 10.1. The van der Waals surface area contributed by atoms with Gasteiger partial charge in [-0.05, 0) is 38.8 Å². The van der Waals surface area contributed by atoms with Gasteiger partial charge in [-0.25, -0.2) is 4.79 Å². The molecule has 1 aliphatic rings. The van der Waals surface area contributed by atoms with Gasteiger partial charge in [-0.2, -0.15) is 0 Å². The Balaban J connectivity index is 2.35. The van der Waals surface area contributed by atoms with E-state index in [1.807, 2.05) is 11.9 Å². The number of rotatable bonds is 3. The van der Waals surface area contributed by atoms with Crippen molar-refractivity contribution in [2.75, 3.05) is 26.7 Å². The van der Waals surface area contributed by atoms with E-state index in [2.05, 4.69) is 17.6 Å². The van der Waals surface area contributed by atoms with Crippen molar-refractivity contribution < 1.29 is 4.79 Å². The van der Waals surface area contributed by atoms with Crippen LogP contribution in [0.2, 0.25) is 0 Å². The Labute approximate surface area is 92.4 Å². The minimum atomic E-state index is 0.0729. The van der Waals surface area contributed by atoms with Crippen molar-refractivity contribution in [2.45, 2.75) is 38.6 Å². The number of carbonyl (C=O) groups is 1. The maximum Gasteiger partial charge on any atom is 0.317 e. The molecule has 1 atom stereocenters. The summed E-state index contributed by atoms with van der Waals surface area (Å²) >= 11 is 0. The molecule has 2 amide bonds. The number of hydrogen-bond acceptors (Lipinski definition) is 2. The highest BCUT2D eigenvalue weighted by Crippen LogP contribution is 2.11. The van der Waals surface area contributed by atoms with Gasteiger partial charge in [0.15, 0.2) is 0 Å². The third kappa shape index (κ3) is 4.08. The molecule has 0 aromatic heterocycles. The molecule has 1 rings (SSSR count). The van der Waals surface area contributed by atoms with Crippen molar-refractivity contribution in [3.63, 3.8) is 0 Å². The average Bonchev–Trinajstić information content (AvgIpc) is 2.53. The van der Waals surface area contributed by atoms with Gasteiger partial charge in [-0.15, -0.1) is 0 Å². The Hall–Kier alpha value is -0.770. The zero-order valence-corrected chi connectivity index (χ0v) is 9.88. The maximum absolute atomic E-state index is 11.7. The van der Waals surface area contributed by atoms with Crippen molar-refractivity contribution >= 4 is 6.03 Å². The Morgan fingerprint density at radius 3 is 3.00 bits per heavy atom. The number of nitrogens with one attached hydrogen (secondary N) is 2. The number of nitrogens with zero attached hydrogens (tertiary/aromatic N) is 1. The topological polar surface area (TPSA) is 44.4 Å². The van der Waals surface area contributed by atoms with Gasteiger partial charge in [0.2, 0.25) is 0 Å². The van der Waals surface area contributed by atoms with Gasteiger partial charge in [-0.3, -0.25) is 0 Å². The van der Waals surface area contributed by atoms with Crippen molar-refractivity contribution in [1.82, 2.24) is 15.5 Å². The Morgan fingerprint density at radius 2 is 2.27 bits per heavy atom. The van der Waals surface area contributed by atoms with Gasteiger partial charge in [0.25, 0.3) is 0 Å². The van der Waals surface area contributed by atoms with E-state index in [0.717, 1.165) is 45.3 Å². The number of urea groups is 1. The first-order chi connectivity index (χ1) is 7.25. The molecule has 0 radical (unpaired) electrons. The van der Waals surface area contributed by atoms with Crippen LogP contribution in [0.5, 0.6) is 0 Å². The Kier molecular flexibility index (Phi) is 5.47. The van der Waals surface area contributed by atoms with Crippen LogP contribution < -0.4 is 10.6 Å². The molecule has 88 valence electrons. The van der Waals surface area contributed by atoms with Crippen LogP contribution in [-0.4, -0.2) is 43.7 Å². The molecule has 0 aromatic rings. The van der Waals surface area contributed by atoms with Gasteiger partial charge in [0.05, 0.1) is 0 Å². The number of carbonyl (C=O) groups excluding carboxylic acids is 1. The largest absolute Gasteiger partial charge is 0.338 e. The second-order valence-electron chi connectivity index (χ2n) is 4.18. The molecule has 1 unspecified atom stereocenters. The van der Waals surface area contributed by atoms with E-state index >= 15 is 0 Å². The van der Waals surface area contributed by atoms with E-state index in [1.165, 1.54) is 0 Å². The van der Waals surface area contributed by atoms with Crippen LogP contribution in [-0.2, 0) is 0 Å². The quantitative estimate of drug-likeness (QED) is 0.739. The molecule has 0 aliphatic carbocycles. The van der Waals surface area contributed by atoms with Crippen LogP contribution >= 0.6 is 0 Å². The van der Waals surface area contributed by atoms with Crippen LogP contribution in [0.25, 0.3) is 0 Å². The van der Waals surface area contributed by atoms with Crippen LogP contribution in [0.3, 0.4) is 0 Å². The Bertz CT molecular complexity index is 188. The summed E-state index contributed by atoms with van der Waals surface area (Å²) in [7, 11) is 1.90. The molecule has 2 N–H and O–H groups in total. The van der Waals surface area contributed by atoms with Crippen molar-refractivity contribution in [2.24, 2.45) is 0 Å².